The van der Waals surface area contributed by atoms with Crippen molar-refractivity contribution in [1.29, 1.82) is 0 Å². The Morgan fingerprint density at radius 1 is 1.48 bits per heavy atom. The lowest BCUT2D eigenvalue weighted by molar-refractivity contribution is -0.137. The molecule has 1 aromatic rings. The SMILES string of the molecule is Cc1ccc(S(=O)(=O)N2CCS(=O)(=O)CC2CC(=O)O)s1. The maximum Gasteiger partial charge on any atom is 0.305 e. The monoisotopic (exact) mass is 353 g/mol. The normalized spacial score (nSPS) is 23.0. The number of carboxylic acids is 1. The molecule has 0 radical (unpaired) electrons. The van der Waals surface area contributed by atoms with E-state index in [9.17, 15) is 21.6 Å². The van der Waals surface area contributed by atoms with E-state index >= 15 is 0 Å². The Labute approximate surface area is 127 Å². The van der Waals surface area contributed by atoms with Crippen molar-refractivity contribution in [2.45, 2.75) is 23.6 Å². The van der Waals surface area contributed by atoms with Gasteiger partial charge in [0.2, 0.25) is 0 Å². The van der Waals surface area contributed by atoms with E-state index < -0.39 is 44.0 Å². The second-order valence-electron chi connectivity index (χ2n) is 4.85. The predicted octanol–water partition coefficient (Wildman–Crippen LogP) is 0.319. The molecular formula is C11H15NO6S3. The fourth-order valence-corrected chi connectivity index (χ4v) is 6.99. The number of hydrogen-bond acceptors (Lipinski definition) is 6. The van der Waals surface area contributed by atoms with Crippen LogP contribution >= 0.6 is 11.3 Å². The van der Waals surface area contributed by atoms with Gasteiger partial charge in [0.1, 0.15) is 4.21 Å². The van der Waals surface area contributed by atoms with Gasteiger partial charge in [0.05, 0.1) is 17.9 Å². The fraction of sp³-hybridized carbons (Fsp3) is 0.545. The van der Waals surface area contributed by atoms with E-state index in [2.05, 4.69) is 0 Å². The smallest absolute Gasteiger partial charge is 0.305 e. The lowest BCUT2D eigenvalue weighted by atomic mass is 10.2. The summed E-state index contributed by atoms with van der Waals surface area (Å²) in [5.41, 5.74) is 0. The predicted molar refractivity (Wildman–Crippen MR) is 77.6 cm³/mol. The lowest BCUT2D eigenvalue weighted by Gasteiger charge is -2.33. The topological polar surface area (TPSA) is 109 Å². The average molecular weight is 353 g/mol. The molecule has 1 fully saturated rings. The number of hydrogen-bond donors (Lipinski definition) is 1. The standard InChI is InChI=1S/C11H15NO6S3/c1-8-2-3-11(19-8)21(17,18)12-4-5-20(15,16)7-9(12)6-10(13)14/h2-3,9H,4-7H2,1H3,(H,13,14). The molecule has 2 rings (SSSR count). The zero-order valence-corrected chi connectivity index (χ0v) is 13.7. The van der Waals surface area contributed by atoms with E-state index in [1.165, 1.54) is 6.07 Å². The van der Waals surface area contributed by atoms with Gasteiger partial charge >= 0.3 is 5.97 Å². The minimum atomic E-state index is -3.86. The highest BCUT2D eigenvalue weighted by Gasteiger charge is 2.40. The van der Waals surface area contributed by atoms with Crippen LogP contribution in [0.3, 0.4) is 0 Å². The molecule has 7 nitrogen and oxygen atoms in total. The zero-order chi connectivity index (χ0) is 15.8. The van der Waals surface area contributed by atoms with Crippen LogP contribution in [0.15, 0.2) is 16.3 Å². The van der Waals surface area contributed by atoms with Crippen molar-refractivity contribution in [3.63, 3.8) is 0 Å². The molecule has 1 aliphatic heterocycles. The maximum atomic E-state index is 12.6. The maximum absolute atomic E-state index is 12.6. The minimum absolute atomic E-state index is 0.106. The highest BCUT2D eigenvalue weighted by molar-refractivity contribution is 7.92. The second kappa shape index (κ2) is 5.67. The van der Waals surface area contributed by atoms with Crippen LogP contribution in [0.25, 0.3) is 0 Å². The van der Waals surface area contributed by atoms with Crippen molar-refractivity contribution in [1.82, 2.24) is 4.31 Å². The van der Waals surface area contributed by atoms with Crippen molar-refractivity contribution < 1.29 is 26.7 Å². The average Bonchev–Trinajstić information content (AvgIpc) is 2.74. The van der Waals surface area contributed by atoms with Gasteiger partial charge in [0, 0.05) is 17.5 Å². The number of sulfone groups is 1. The van der Waals surface area contributed by atoms with Gasteiger partial charge in [0.25, 0.3) is 10.0 Å². The van der Waals surface area contributed by atoms with Crippen molar-refractivity contribution >= 4 is 37.2 Å². The Kier molecular flexibility index (Phi) is 4.43. The summed E-state index contributed by atoms with van der Waals surface area (Å²) < 4.78 is 49.5. The van der Waals surface area contributed by atoms with Crippen LogP contribution in [-0.2, 0) is 24.7 Å². The number of sulfonamides is 1. The first kappa shape index (κ1) is 16.4. The summed E-state index contributed by atoms with van der Waals surface area (Å²) in [6.07, 6.45) is -0.525. The summed E-state index contributed by atoms with van der Waals surface area (Å²) in [5.74, 6) is -1.96. The first-order valence-electron chi connectivity index (χ1n) is 6.12. The third-order valence-corrected chi connectivity index (χ3v) is 8.28. The number of aliphatic carboxylic acids is 1. The molecule has 0 saturated carbocycles. The van der Waals surface area contributed by atoms with Crippen LogP contribution in [0.1, 0.15) is 11.3 Å². The summed E-state index contributed by atoms with van der Waals surface area (Å²) in [4.78, 5) is 11.7. The number of nitrogens with zero attached hydrogens (tertiary/aromatic N) is 1. The van der Waals surface area contributed by atoms with Gasteiger partial charge in [-0.25, -0.2) is 16.8 Å². The van der Waals surface area contributed by atoms with E-state index in [0.29, 0.717) is 0 Å². The molecule has 2 heterocycles. The third kappa shape index (κ3) is 3.62. The molecule has 0 amide bonds. The molecule has 1 atom stereocenters. The number of rotatable bonds is 4. The molecule has 118 valence electrons. The molecule has 1 aromatic heterocycles. The lowest BCUT2D eigenvalue weighted by Crippen LogP contribution is -2.51. The highest BCUT2D eigenvalue weighted by atomic mass is 32.2. The van der Waals surface area contributed by atoms with Crippen LogP contribution in [0, 0.1) is 6.92 Å². The molecular weight excluding hydrogens is 338 g/mol. The van der Waals surface area contributed by atoms with Gasteiger partial charge in [-0.2, -0.15) is 4.31 Å². The van der Waals surface area contributed by atoms with E-state index in [1.54, 1.807) is 13.0 Å². The summed E-state index contributed by atoms with van der Waals surface area (Å²) >= 11 is 1.08. The van der Waals surface area contributed by atoms with Crippen LogP contribution in [0.5, 0.6) is 0 Å². The highest BCUT2D eigenvalue weighted by Crippen LogP contribution is 2.28. The third-order valence-electron chi connectivity index (χ3n) is 3.17. The van der Waals surface area contributed by atoms with Gasteiger partial charge in [-0.15, -0.1) is 11.3 Å². The van der Waals surface area contributed by atoms with Crippen LogP contribution < -0.4 is 0 Å². The first-order valence-corrected chi connectivity index (χ1v) is 10.2. The molecule has 0 bridgehead atoms. The summed E-state index contributed by atoms with van der Waals surface area (Å²) in [7, 11) is -7.28. The van der Waals surface area contributed by atoms with E-state index in [4.69, 9.17) is 5.11 Å². The molecule has 1 aliphatic rings. The zero-order valence-electron chi connectivity index (χ0n) is 11.2. The largest absolute Gasteiger partial charge is 0.481 e. The van der Waals surface area contributed by atoms with Gasteiger partial charge in [-0.05, 0) is 19.1 Å². The Morgan fingerprint density at radius 2 is 2.14 bits per heavy atom. The fourth-order valence-electron chi connectivity index (χ4n) is 2.22. The Balaban J connectivity index is 2.37. The molecule has 1 N–H and O–H groups in total. The Hall–Kier alpha value is -0.970. The number of carbonyl (C=O) groups is 1. The molecule has 1 saturated heterocycles. The van der Waals surface area contributed by atoms with Crippen LogP contribution in [0.4, 0.5) is 0 Å². The second-order valence-corrected chi connectivity index (χ2v) is 10.5. The molecule has 0 spiro atoms. The van der Waals surface area contributed by atoms with Gasteiger partial charge in [-0.3, -0.25) is 4.79 Å². The number of thiophene rings is 1. The van der Waals surface area contributed by atoms with Crippen LogP contribution in [0.2, 0.25) is 0 Å². The molecule has 10 heteroatoms. The Bertz CT molecular complexity index is 749. The molecule has 0 aliphatic carbocycles. The van der Waals surface area contributed by atoms with Crippen molar-refractivity contribution in [3.05, 3.63) is 17.0 Å². The number of carboxylic acid groups (broad SMARTS) is 1. The van der Waals surface area contributed by atoms with Crippen LogP contribution in [-0.4, -0.2) is 56.3 Å². The van der Waals surface area contributed by atoms with Crippen molar-refractivity contribution in [2.24, 2.45) is 0 Å². The van der Waals surface area contributed by atoms with Gasteiger partial charge < -0.3 is 5.11 Å². The summed E-state index contributed by atoms with van der Waals surface area (Å²) in [5, 5.41) is 8.88. The molecule has 21 heavy (non-hydrogen) atoms. The van der Waals surface area contributed by atoms with E-state index in [1.807, 2.05) is 0 Å². The molecule has 0 aromatic carbocycles. The molecule has 1 unspecified atom stereocenters. The van der Waals surface area contributed by atoms with E-state index in [0.717, 1.165) is 20.5 Å². The van der Waals surface area contributed by atoms with Gasteiger partial charge in [-0.1, -0.05) is 0 Å². The first-order chi connectivity index (χ1) is 9.62. The summed E-state index contributed by atoms with van der Waals surface area (Å²) in [6.45, 7) is 1.55. The number of aryl methyl sites for hydroxylation is 1. The van der Waals surface area contributed by atoms with Gasteiger partial charge in [0.15, 0.2) is 9.84 Å². The van der Waals surface area contributed by atoms with Crippen molar-refractivity contribution in [2.75, 3.05) is 18.1 Å². The van der Waals surface area contributed by atoms with E-state index in [-0.39, 0.29) is 16.5 Å². The Morgan fingerprint density at radius 3 is 2.67 bits per heavy atom. The summed E-state index contributed by atoms with van der Waals surface area (Å²) in [6, 6.07) is 2.05. The van der Waals surface area contributed by atoms with Crippen molar-refractivity contribution in [3.8, 4) is 0 Å². The quantitative estimate of drug-likeness (QED) is 0.835. The minimum Gasteiger partial charge on any atom is -0.481 e.